The van der Waals surface area contributed by atoms with Gasteiger partial charge in [0.2, 0.25) is 5.91 Å². The van der Waals surface area contributed by atoms with Crippen LogP contribution in [0.2, 0.25) is 5.02 Å². The van der Waals surface area contributed by atoms with Gasteiger partial charge < -0.3 is 10.6 Å². The van der Waals surface area contributed by atoms with Crippen LogP contribution in [-0.4, -0.2) is 12.5 Å². The molecule has 0 aliphatic rings. The fourth-order valence-electron chi connectivity index (χ4n) is 2.16. The topological polar surface area (TPSA) is 41.1 Å². The Hall–Kier alpha value is -1.84. The lowest BCUT2D eigenvalue weighted by Crippen LogP contribution is -2.31. The van der Waals surface area contributed by atoms with E-state index in [1.54, 1.807) is 0 Å². The number of halogens is 1. The van der Waals surface area contributed by atoms with Crippen LogP contribution in [0, 0.1) is 0 Å². The molecule has 2 aromatic rings. The molecule has 21 heavy (non-hydrogen) atoms. The lowest BCUT2D eigenvalue weighted by Gasteiger charge is -2.17. The molecule has 2 aromatic carbocycles. The first-order valence-corrected chi connectivity index (χ1v) is 7.40. The molecule has 2 N–H and O–H groups in total. The molecule has 0 aliphatic heterocycles. The van der Waals surface area contributed by atoms with E-state index < -0.39 is 0 Å². The van der Waals surface area contributed by atoms with E-state index in [1.807, 2.05) is 54.6 Å². The van der Waals surface area contributed by atoms with E-state index in [0.717, 1.165) is 17.7 Å². The molecule has 0 heterocycles. The average Bonchev–Trinajstić information content (AvgIpc) is 2.49. The lowest BCUT2D eigenvalue weighted by molar-refractivity contribution is -0.115. The summed E-state index contributed by atoms with van der Waals surface area (Å²) < 4.78 is 0. The number of benzene rings is 2. The number of hydrogen-bond acceptors (Lipinski definition) is 2. The minimum Gasteiger partial charge on any atom is -0.325 e. The van der Waals surface area contributed by atoms with Gasteiger partial charge in [-0.25, -0.2) is 0 Å². The van der Waals surface area contributed by atoms with Crippen LogP contribution in [0.1, 0.15) is 24.9 Å². The van der Waals surface area contributed by atoms with Crippen molar-refractivity contribution in [1.29, 1.82) is 0 Å². The van der Waals surface area contributed by atoms with Gasteiger partial charge in [0.1, 0.15) is 0 Å². The number of carbonyl (C=O) groups is 1. The van der Waals surface area contributed by atoms with Gasteiger partial charge in [0.15, 0.2) is 0 Å². The minimum atomic E-state index is -0.0540. The van der Waals surface area contributed by atoms with E-state index in [9.17, 15) is 4.79 Å². The quantitative estimate of drug-likeness (QED) is 0.846. The highest BCUT2D eigenvalue weighted by molar-refractivity contribution is 6.30. The molecule has 1 atom stereocenters. The summed E-state index contributed by atoms with van der Waals surface area (Å²) in [6, 6.07) is 17.3. The molecule has 0 aliphatic carbocycles. The summed E-state index contributed by atoms with van der Waals surface area (Å²) in [7, 11) is 0. The molecule has 0 fully saturated rings. The Morgan fingerprint density at radius 1 is 1.14 bits per heavy atom. The third-order valence-corrected chi connectivity index (χ3v) is 3.46. The molecule has 1 unspecified atom stereocenters. The predicted molar refractivity (Wildman–Crippen MR) is 87.6 cm³/mol. The fraction of sp³-hybridized carbons (Fsp3) is 0.235. The van der Waals surface area contributed by atoms with E-state index in [1.165, 1.54) is 0 Å². The highest BCUT2D eigenvalue weighted by atomic mass is 35.5. The molecule has 0 radical (unpaired) electrons. The Bertz CT molecular complexity index is 586. The average molecular weight is 303 g/mol. The third-order valence-electron chi connectivity index (χ3n) is 3.23. The maximum Gasteiger partial charge on any atom is 0.238 e. The Kier molecular flexibility index (Phi) is 5.78. The van der Waals surface area contributed by atoms with E-state index in [0.29, 0.717) is 5.02 Å². The SMILES string of the molecule is CCC(NCC(=O)Nc1ccccc1)c1cccc(Cl)c1. The summed E-state index contributed by atoms with van der Waals surface area (Å²) in [6.07, 6.45) is 0.888. The van der Waals surface area contributed by atoms with E-state index in [2.05, 4.69) is 17.6 Å². The zero-order valence-electron chi connectivity index (χ0n) is 12.0. The second-order valence-electron chi connectivity index (χ2n) is 4.81. The van der Waals surface area contributed by atoms with Gasteiger partial charge >= 0.3 is 0 Å². The minimum absolute atomic E-state index is 0.0540. The van der Waals surface area contributed by atoms with Crippen molar-refractivity contribution in [2.75, 3.05) is 11.9 Å². The summed E-state index contributed by atoms with van der Waals surface area (Å²) in [5.41, 5.74) is 1.90. The fourth-order valence-corrected chi connectivity index (χ4v) is 2.36. The van der Waals surface area contributed by atoms with E-state index in [-0.39, 0.29) is 18.5 Å². The van der Waals surface area contributed by atoms with Gasteiger partial charge in [-0.05, 0) is 36.2 Å². The maximum absolute atomic E-state index is 11.9. The van der Waals surface area contributed by atoms with Crippen LogP contribution >= 0.6 is 11.6 Å². The Balaban J connectivity index is 1.90. The summed E-state index contributed by atoms with van der Waals surface area (Å²) in [5, 5.41) is 6.83. The second-order valence-corrected chi connectivity index (χ2v) is 5.25. The lowest BCUT2D eigenvalue weighted by atomic mass is 10.0. The molecular formula is C17H19ClN2O. The van der Waals surface area contributed by atoms with Crippen molar-refractivity contribution in [2.24, 2.45) is 0 Å². The number of nitrogens with one attached hydrogen (secondary N) is 2. The zero-order chi connectivity index (χ0) is 15.1. The van der Waals surface area contributed by atoms with Crippen molar-refractivity contribution in [3.05, 3.63) is 65.2 Å². The monoisotopic (exact) mass is 302 g/mol. The van der Waals surface area contributed by atoms with Crippen LogP contribution in [0.3, 0.4) is 0 Å². The normalized spacial score (nSPS) is 11.9. The van der Waals surface area contributed by atoms with Crippen molar-refractivity contribution in [3.8, 4) is 0 Å². The van der Waals surface area contributed by atoms with Gasteiger partial charge in [-0.15, -0.1) is 0 Å². The summed E-state index contributed by atoms with van der Waals surface area (Å²) in [6.45, 7) is 2.34. The van der Waals surface area contributed by atoms with Gasteiger partial charge in [0, 0.05) is 16.8 Å². The zero-order valence-corrected chi connectivity index (χ0v) is 12.7. The first-order chi connectivity index (χ1) is 10.2. The van der Waals surface area contributed by atoms with Crippen LogP contribution in [0.4, 0.5) is 5.69 Å². The second kappa shape index (κ2) is 7.81. The molecule has 0 saturated heterocycles. The summed E-state index contributed by atoms with van der Waals surface area (Å²) in [4.78, 5) is 11.9. The van der Waals surface area contributed by atoms with E-state index >= 15 is 0 Å². The first kappa shape index (κ1) is 15.5. The predicted octanol–water partition coefficient (Wildman–Crippen LogP) is 4.02. The highest BCUT2D eigenvalue weighted by Crippen LogP contribution is 2.20. The molecule has 1 amide bonds. The van der Waals surface area contributed by atoms with Crippen molar-refractivity contribution in [2.45, 2.75) is 19.4 Å². The summed E-state index contributed by atoms with van der Waals surface area (Å²) >= 11 is 6.01. The number of rotatable bonds is 6. The maximum atomic E-state index is 11.9. The van der Waals surface area contributed by atoms with Crippen LogP contribution in [0.5, 0.6) is 0 Å². The van der Waals surface area contributed by atoms with Gasteiger partial charge in [-0.3, -0.25) is 4.79 Å². The highest BCUT2D eigenvalue weighted by Gasteiger charge is 2.11. The van der Waals surface area contributed by atoms with Crippen LogP contribution in [0.15, 0.2) is 54.6 Å². The van der Waals surface area contributed by atoms with Gasteiger partial charge in [-0.2, -0.15) is 0 Å². The molecule has 0 aromatic heterocycles. The van der Waals surface area contributed by atoms with Crippen molar-refractivity contribution in [1.82, 2.24) is 5.32 Å². The summed E-state index contributed by atoms with van der Waals surface area (Å²) in [5.74, 6) is -0.0540. The molecule has 2 rings (SSSR count). The van der Waals surface area contributed by atoms with Crippen LogP contribution in [-0.2, 0) is 4.79 Å². The Labute approximate surface area is 130 Å². The molecule has 4 heteroatoms. The Morgan fingerprint density at radius 2 is 1.90 bits per heavy atom. The number of carbonyl (C=O) groups excluding carboxylic acids is 1. The molecule has 3 nitrogen and oxygen atoms in total. The molecule has 0 spiro atoms. The van der Waals surface area contributed by atoms with Crippen LogP contribution < -0.4 is 10.6 Å². The molecule has 0 saturated carbocycles. The standard InChI is InChI=1S/C17H19ClN2O/c1-2-16(13-7-6-8-14(18)11-13)19-12-17(21)20-15-9-4-3-5-10-15/h3-11,16,19H,2,12H2,1H3,(H,20,21). The van der Waals surface area contributed by atoms with Gasteiger partial charge in [0.05, 0.1) is 6.54 Å². The molecular weight excluding hydrogens is 284 g/mol. The largest absolute Gasteiger partial charge is 0.325 e. The van der Waals surface area contributed by atoms with Crippen molar-refractivity contribution < 1.29 is 4.79 Å². The number of anilines is 1. The van der Waals surface area contributed by atoms with Gasteiger partial charge in [0.25, 0.3) is 0 Å². The van der Waals surface area contributed by atoms with Crippen LogP contribution in [0.25, 0.3) is 0 Å². The molecule has 0 bridgehead atoms. The van der Waals surface area contributed by atoms with Crippen molar-refractivity contribution >= 4 is 23.2 Å². The van der Waals surface area contributed by atoms with Crippen molar-refractivity contribution in [3.63, 3.8) is 0 Å². The van der Waals surface area contributed by atoms with Gasteiger partial charge in [-0.1, -0.05) is 48.9 Å². The molecule has 110 valence electrons. The number of hydrogen-bond donors (Lipinski definition) is 2. The smallest absolute Gasteiger partial charge is 0.238 e. The van der Waals surface area contributed by atoms with E-state index in [4.69, 9.17) is 11.6 Å². The Morgan fingerprint density at radius 3 is 2.57 bits per heavy atom. The third kappa shape index (κ3) is 4.88. The number of amides is 1. The number of para-hydroxylation sites is 1. The first-order valence-electron chi connectivity index (χ1n) is 7.02.